The Hall–Kier alpha value is -1.03. The van der Waals surface area contributed by atoms with Crippen molar-refractivity contribution < 1.29 is 0 Å². The molecule has 0 saturated carbocycles. The summed E-state index contributed by atoms with van der Waals surface area (Å²) in [7, 11) is 0. The standard InChI is InChI=1S/C16H32N4/c1-6-10-18-15(17-7-2)19-13-16(4,5)20-11-8-9-14(3)12-20/h6,14H,1,7-13H2,2-5H3,(H2,17,18,19). The zero-order chi connectivity index (χ0) is 15.0. The van der Waals surface area contributed by atoms with E-state index in [2.05, 4.69) is 49.8 Å². The lowest BCUT2D eigenvalue weighted by molar-refractivity contribution is 0.0774. The molecule has 1 rings (SSSR count). The molecule has 0 aliphatic carbocycles. The summed E-state index contributed by atoms with van der Waals surface area (Å²) < 4.78 is 0. The second kappa shape index (κ2) is 8.30. The molecule has 0 radical (unpaired) electrons. The van der Waals surface area contributed by atoms with E-state index in [1.54, 1.807) is 0 Å². The van der Waals surface area contributed by atoms with Crippen LogP contribution in [0.2, 0.25) is 0 Å². The molecule has 1 atom stereocenters. The zero-order valence-corrected chi connectivity index (χ0v) is 13.7. The number of piperidine rings is 1. The molecule has 116 valence electrons. The molecule has 4 heteroatoms. The lowest BCUT2D eigenvalue weighted by atomic mass is 9.94. The summed E-state index contributed by atoms with van der Waals surface area (Å²) in [6.07, 6.45) is 4.52. The number of nitrogens with one attached hydrogen (secondary N) is 2. The quantitative estimate of drug-likeness (QED) is 0.445. The van der Waals surface area contributed by atoms with Gasteiger partial charge in [0.1, 0.15) is 0 Å². The maximum Gasteiger partial charge on any atom is 0.191 e. The molecule has 4 nitrogen and oxygen atoms in total. The number of guanidine groups is 1. The molecule has 0 aromatic carbocycles. The number of nitrogens with zero attached hydrogens (tertiary/aromatic N) is 2. The van der Waals surface area contributed by atoms with E-state index in [0.29, 0.717) is 0 Å². The lowest BCUT2D eigenvalue weighted by Gasteiger charge is -2.42. The van der Waals surface area contributed by atoms with E-state index in [1.807, 2.05) is 6.08 Å². The molecule has 0 aromatic heterocycles. The van der Waals surface area contributed by atoms with Gasteiger partial charge in [-0.05, 0) is 46.1 Å². The first-order valence-electron chi connectivity index (χ1n) is 7.87. The average Bonchev–Trinajstić information content (AvgIpc) is 2.42. The van der Waals surface area contributed by atoms with Crippen LogP contribution in [0.1, 0.15) is 40.5 Å². The van der Waals surface area contributed by atoms with Crippen LogP contribution in [0.3, 0.4) is 0 Å². The third-order valence-corrected chi connectivity index (χ3v) is 3.90. The summed E-state index contributed by atoms with van der Waals surface area (Å²) >= 11 is 0. The van der Waals surface area contributed by atoms with Crippen molar-refractivity contribution in [1.82, 2.24) is 15.5 Å². The Labute approximate surface area is 124 Å². The van der Waals surface area contributed by atoms with Gasteiger partial charge < -0.3 is 10.6 Å². The van der Waals surface area contributed by atoms with Crippen molar-refractivity contribution >= 4 is 5.96 Å². The maximum atomic E-state index is 4.73. The van der Waals surface area contributed by atoms with Gasteiger partial charge in [-0.2, -0.15) is 0 Å². The lowest BCUT2D eigenvalue weighted by Crippen LogP contribution is -2.51. The van der Waals surface area contributed by atoms with Gasteiger partial charge in [0, 0.05) is 25.2 Å². The van der Waals surface area contributed by atoms with E-state index >= 15 is 0 Å². The molecule has 20 heavy (non-hydrogen) atoms. The normalized spacial score (nSPS) is 21.6. The summed E-state index contributed by atoms with van der Waals surface area (Å²) in [5, 5.41) is 6.53. The van der Waals surface area contributed by atoms with Gasteiger partial charge in [0.05, 0.1) is 6.54 Å². The SMILES string of the molecule is C=CCNC(=NCC(C)(C)N1CCCC(C)C1)NCC. The monoisotopic (exact) mass is 280 g/mol. The molecular formula is C16H32N4. The van der Waals surface area contributed by atoms with Crippen LogP contribution in [0.4, 0.5) is 0 Å². The van der Waals surface area contributed by atoms with Crippen LogP contribution < -0.4 is 10.6 Å². The first kappa shape index (κ1) is 17.0. The molecule has 1 aliphatic heterocycles. The predicted octanol–water partition coefficient (Wildman–Crippen LogP) is 2.24. The van der Waals surface area contributed by atoms with Gasteiger partial charge in [0.25, 0.3) is 0 Å². The molecule has 0 bridgehead atoms. The predicted molar refractivity (Wildman–Crippen MR) is 88.2 cm³/mol. The molecule has 2 N–H and O–H groups in total. The highest BCUT2D eigenvalue weighted by atomic mass is 15.2. The van der Waals surface area contributed by atoms with E-state index < -0.39 is 0 Å². The summed E-state index contributed by atoms with van der Waals surface area (Å²) in [4.78, 5) is 7.31. The Morgan fingerprint density at radius 1 is 1.45 bits per heavy atom. The van der Waals surface area contributed by atoms with Crippen molar-refractivity contribution in [2.45, 2.75) is 46.1 Å². The summed E-state index contributed by atoms with van der Waals surface area (Å²) in [6, 6.07) is 0. The van der Waals surface area contributed by atoms with Crippen LogP contribution in [0.25, 0.3) is 0 Å². The van der Waals surface area contributed by atoms with Gasteiger partial charge in [-0.1, -0.05) is 13.0 Å². The van der Waals surface area contributed by atoms with Gasteiger partial charge in [-0.15, -0.1) is 6.58 Å². The number of aliphatic imine (C=N–C) groups is 1. The third kappa shape index (κ3) is 5.53. The van der Waals surface area contributed by atoms with Crippen LogP contribution in [0, 0.1) is 5.92 Å². The fraction of sp³-hybridized carbons (Fsp3) is 0.812. The summed E-state index contributed by atoms with van der Waals surface area (Å²) in [5.41, 5.74) is 0.116. The van der Waals surface area contributed by atoms with E-state index in [1.165, 1.54) is 25.9 Å². The molecule has 1 heterocycles. The fourth-order valence-electron chi connectivity index (χ4n) is 2.62. The third-order valence-electron chi connectivity index (χ3n) is 3.90. The van der Waals surface area contributed by atoms with Crippen LogP contribution in [0.15, 0.2) is 17.6 Å². The first-order valence-corrected chi connectivity index (χ1v) is 7.87. The van der Waals surface area contributed by atoms with E-state index in [0.717, 1.165) is 31.5 Å². The summed E-state index contributed by atoms with van der Waals surface area (Å²) in [6.45, 7) is 17.6. The molecular weight excluding hydrogens is 248 g/mol. The van der Waals surface area contributed by atoms with Crippen molar-refractivity contribution in [2.75, 3.05) is 32.7 Å². The van der Waals surface area contributed by atoms with Crippen molar-refractivity contribution in [2.24, 2.45) is 10.9 Å². The largest absolute Gasteiger partial charge is 0.357 e. The minimum absolute atomic E-state index is 0.116. The smallest absolute Gasteiger partial charge is 0.191 e. The molecule has 1 saturated heterocycles. The highest BCUT2D eigenvalue weighted by Gasteiger charge is 2.29. The van der Waals surface area contributed by atoms with Gasteiger partial charge in [-0.25, -0.2) is 0 Å². The maximum absolute atomic E-state index is 4.73. The number of likely N-dealkylation sites (tertiary alicyclic amines) is 1. The average molecular weight is 280 g/mol. The number of rotatable bonds is 6. The van der Waals surface area contributed by atoms with Crippen molar-refractivity contribution in [1.29, 1.82) is 0 Å². The van der Waals surface area contributed by atoms with Crippen molar-refractivity contribution in [3.63, 3.8) is 0 Å². The topological polar surface area (TPSA) is 39.7 Å². The van der Waals surface area contributed by atoms with Crippen LogP contribution in [-0.4, -0.2) is 49.1 Å². The number of hydrogen-bond acceptors (Lipinski definition) is 2. The van der Waals surface area contributed by atoms with Crippen molar-refractivity contribution in [3.05, 3.63) is 12.7 Å². The minimum Gasteiger partial charge on any atom is -0.357 e. The van der Waals surface area contributed by atoms with Crippen LogP contribution in [0.5, 0.6) is 0 Å². The van der Waals surface area contributed by atoms with Crippen LogP contribution in [-0.2, 0) is 0 Å². The van der Waals surface area contributed by atoms with Crippen molar-refractivity contribution in [3.8, 4) is 0 Å². The Kier molecular flexibility index (Phi) is 7.06. The molecule has 0 amide bonds. The summed E-state index contributed by atoms with van der Waals surface area (Å²) in [5.74, 6) is 1.68. The van der Waals surface area contributed by atoms with Gasteiger partial charge in [0.2, 0.25) is 0 Å². The van der Waals surface area contributed by atoms with Crippen LogP contribution >= 0.6 is 0 Å². The van der Waals surface area contributed by atoms with E-state index in [-0.39, 0.29) is 5.54 Å². The minimum atomic E-state index is 0.116. The molecule has 1 aliphatic rings. The highest BCUT2D eigenvalue weighted by molar-refractivity contribution is 5.79. The molecule has 0 aromatic rings. The zero-order valence-electron chi connectivity index (χ0n) is 13.7. The van der Waals surface area contributed by atoms with Gasteiger partial charge in [-0.3, -0.25) is 9.89 Å². The number of hydrogen-bond donors (Lipinski definition) is 2. The first-order chi connectivity index (χ1) is 9.49. The highest BCUT2D eigenvalue weighted by Crippen LogP contribution is 2.23. The molecule has 1 fully saturated rings. The molecule has 0 spiro atoms. The second-order valence-electron chi connectivity index (χ2n) is 6.37. The Balaban J connectivity index is 2.59. The Bertz CT molecular complexity index is 322. The van der Waals surface area contributed by atoms with E-state index in [4.69, 9.17) is 4.99 Å². The van der Waals surface area contributed by atoms with Gasteiger partial charge >= 0.3 is 0 Å². The Morgan fingerprint density at radius 2 is 2.20 bits per heavy atom. The fourth-order valence-corrected chi connectivity index (χ4v) is 2.62. The molecule has 1 unspecified atom stereocenters. The Morgan fingerprint density at radius 3 is 2.80 bits per heavy atom. The second-order valence-corrected chi connectivity index (χ2v) is 6.37. The van der Waals surface area contributed by atoms with E-state index in [9.17, 15) is 0 Å². The van der Waals surface area contributed by atoms with Gasteiger partial charge in [0.15, 0.2) is 5.96 Å².